The fourth-order valence-corrected chi connectivity index (χ4v) is 2.57. The van der Waals surface area contributed by atoms with Crippen molar-refractivity contribution in [1.29, 1.82) is 0 Å². The molecule has 0 radical (unpaired) electrons. The van der Waals surface area contributed by atoms with Crippen molar-refractivity contribution in [2.24, 2.45) is 5.10 Å². The molecule has 7 heteroatoms. The Kier molecular flexibility index (Phi) is 4.90. The molecule has 0 atom stereocenters. The SMILES string of the molecule is Cc1ccc(/C=N/NC(=O)c2ccn(Cc3cccc(Br)c3)n2)o1. The van der Waals surface area contributed by atoms with Crippen LogP contribution < -0.4 is 5.43 Å². The zero-order valence-corrected chi connectivity index (χ0v) is 14.5. The number of halogens is 1. The molecule has 1 N–H and O–H groups in total. The molecular weight excluding hydrogens is 372 g/mol. The number of amides is 1. The van der Waals surface area contributed by atoms with Gasteiger partial charge in [0.2, 0.25) is 0 Å². The highest BCUT2D eigenvalue weighted by Gasteiger charge is 2.09. The van der Waals surface area contributed by atoms with Crippen LogP contribution in [0.2, 0.25) is 0 Å². The Balaban J connectivity index is 1.60. The van der Waals surface area contributed by atoms with E-state index in [0.29, 0.717) is 18.0 Å². The third kappa shape index (κ3) is 4.20. The number of benzene rings is 1. The van der Waals surface area contributed by atoms with E-state index in [1.807, 2.05) is 37.3 Å². The van der Waals surface area contributed by atoms with Crippen LogP contribution in [0.15, 0.2) is 62.7 Å². The molecule has 3 aromatic rings. The predicted octanol–water partition coefficient (Wildman–Crippen LogP) is 3.36. The maximum Gasteiger partial charge on any atom is 0.291 e. The fourth-order valence-electron chi connectivity index (χ4n) is 2.13. The van der Waals surface area contributed by atoms with E-state index >= 15 is 0 Å². The van der Waals surface area contributed by atoms with Crippen molar-refractivity contribution in [2.45, 2.75) is 13.5 Å². The summed E-state index contributed by atoms with van der Waals surface area (Å²) in [5, 5.41) is 8.12. The maximum atomic E-state index is 12.0. The molecule has 2 aromatic heterocycles. The highest BCUT2D eigenvalue weighted by Crippen LogP contribution is 2.12. The second-order valence-electron chi connectivity index (χ2n) is 5.18. The van der Waals surface area contributed by atoms with E-state index in [2.05, 4.69) is 31.6 Å². The molecule has 122 valence electrons. The molecule has 6 nitrogen and oxygen atoms in total. The van der Waals surface area contributed by atoms with Gasteiger partial charge >= 0.3 is 0 Å². The van der Waals surface area contributed by atoms with Crippen LogP contribution in [0.1, 0.15) is 27.6 Å². The molecule has 1 amide bonds. The molecule has 0 fully saturated rings. The number of furan rings is 1. The van der Waals surface area contributed by atoms with Gasteiger partial charge in [-0.05, 0) is 42.8 Å². The molecular formula is C17H15BrN4O2. The molecule has 1 aromatic carbocycles. The summed E-state index contributed by atoms with van der Waals surface area (Å²) in [5.74, 6) is 0.990. The lowest BCUT2D eigenvalue weighted by molar-refractivity contribution is 0.0949. The molecule has 0 unspecified atom stereocenters. The lowest BCUT2D eigenvalue weighted by Gasteiger charge is -2.02. The monoisotopic (exact) mass is 386 g/mol. The van der Waals surface area contributed by atoms with Gasteiger partial charge in [-0.15, -0.1) is 0 Å². The van der Waals surface area contributed by atoms with Crippen molar-refractivity contribution >= 4 is 28.1 Å². The largest absolute Gasteiger partial charge is 0.460 e. The number of hydrogen-bond donors (Lipinski definition) is 1. The van der Waals surface area contributed by atoms with E-state index in [4.69, 9.17) is 4.42 Å². The smallest absolute Gasteiger partial charge is 0.291 e. The number of carbonyl (C=O) groups excluding carboxylic acids is 1. The summed E-state index contributed by atoms with van der Waals surface area (Å²) in [6.45, 7) is 2.43. The Labute approximate surface area is 147 Å². The van der Waals surface area contributed by atoms with Crippen molar-refractivity contribution in [3.05, 3.63) is 75.9 Å². The van der Waals surface area contributed by atoms with Crippen molar-refractivity contribution < 1.29 is 9.21 Å². The first kappa shape index (κ1) is 16.2. The van der Waals surface area contributed by atoms with Gasteiger partial charge < -0.3 is 4.42 Å². The summed E-state index contributed by atoms with van der Waals surface area (Å²) in [4.78, 5) is 12.0. The van der Waals surface area contributed by atoms with Crippen molar-refractivity contribution in [2.75, 3.05) is 0 Å². The van der Waals surface area contributed by atoms with Gasteiger partial charge in [0.05, 0.1) is 12.8 Å². The molecule has 0 saturated carbocycles. The van der Waals surface area contributed by atoms with Gasteiger partial charge in [-0.2, -0.15) is 10.2 Å². The zero-order valence-electron chi connectivity index (χ0n) is 12.9. The third-order valence-corrected chi connectivity index (χ3v) is 3.72. The number of aromatic nitrogens is 2. The second-order valence-corrected chi connectivity index (χ2v) is 6.09. The quantitative estimate of drug-likeness (QED) is 0.539. The lowest BCUT2D eigenvalue weighted by Crippen LogP contribution is -2.18. The Morgan fingerprint density at radius 2 is 2.25 bits per heavy atom. The van der Waals surface area contributed by atoms with Gasteiger partial charge in [-0.25, -0.2) is 5.43 Å². The highest BCUT2D eigenvalue weighted by atomic mass is 79.9. The molecule has 24 heavy (non-hydrogen) atoms. The van der Waals surface area contributed by atoms with E-state index in [1.54, 1.807) is 23.0 Å². The van der Waals surface area contributed by atoms with Crippen molar-refractivity contribution in [3.63, 3.8) is 0 Å². The maximum absolute atomic E-state index is 12.0. The van der Waals surface area contributed by atoms with Crippen LogP contribution in [0.5, 0.6) is 0 Å². The summed E-state index contributed by atoms with van der Waals surface area (Å²) in [6.07, 6.45) is 3.21. The Morgan fingerprint density at radius 1 is 1.38 bits per heavy atom. The van der Waals surface area contributed by atoms with E-state index in [0.717, 1.165) is 15.8 Å². The van der Waals surface area contributed by atoms with E-state index in [9.17, 15) is 4.79 Å². The average molecular weight is 387 g/mol. The summed E-state index contributed by atoms with van der Waals surface area (Å²) in [5.41, 5.74) is 3.82. The molecule has 0 spiro atoms. The van der Waals surface area contributed by atoms with Crippen LogP contribution >= 0.6 is 15.9 Å². The van der Waals surface area contributed by atoms with Gasteiger partial charge in [0.25, 0.3) is 5.91 Å². The lowest BCUT2D eigenvalue weighted by atomic mass is 10.2. The first-order valence-corrected chi connectivity index (χ1v) is 8.07. The molecule has 2 heterocycles. The second kappa shape index (κ2) is 7.27. The Bertz CT molecular complexity index is 882. The van der Waals surface area contributed by atoms with Crippen LogP contribution in [0, 0.1) is 6.92 Å². The highest BCUT2D eigenvalue weighted by molar-refractivity contribution is 9.10. The molecule has 0 aliphatic rings. The number of rotatable bonds is 5. The number of nitrogens with one attached hydrogen (secondary N) is 1. The van der Waals surface area contributed by atoms with Crippen LogP contribution in [0.3, 0.4) is 0 Å². The summed E-state index contributed by atoms with van der Waals surface area (Å²) >= 11 is 3.44. The first-order valence-electron chi connectivity index (χ1n) is 7.28. The van der Waals surface area contributed by atoms with E-state index in [-0.39, 0.29) is 5.91 Å². The van der Waals surface area contributed by atoms with Gasteiger partial charge in [-0.3, -0.25) is 9.48 Å². The van der Waals surface area contributed by atoms with Crippen LogP contribution in [0.25, 0.3) is 0 Å². The van der Waals surface area contributed by atoms with Crippen molar-refractivity contribution in [3.8, 4) is 0 Å². The Morgan fingerprint density at radius 3 is 3.00 bits per heavy atom. The Hall–Kier alpha value is -2.67. The predicted molar refractivity (Wildman–Crippen MR) is 94.0 cm³/mol. The van der Waals surface area contributed by atoms with Gasteiger partial charge in [-0.1, -0.05) is 28.1 Å². The zero-order chi connectivity index (χ0) is 16.9. The standard InChI is InChI=1S/C17H15BrN4O2/c1-12-5-6-15(24-12)10-19-20-17(23)16-7-8-22(21-16)11-13-3-2-4-14(18)9-13/h2-10H,11H2,1H3,(H,20,23)/b19-10+. The molecule has 0 bridgehead atoms. The van der Waals surface area contributed by atoms with E-state index < -0.39 is 0 Å². The van der Waals surface area contributed by atoms with Crippen LogP contribution in [0.4, 0.5) is 0 Å². The minimum atomic E-state index is -0.373. The van der Waals surface area contributed by atoms with Gasteiger partial charge in [0.15, 0.2) is 5.69 Å². The number of carbonyl (C=O) groups is 1. The summed E-state index contributed by atoms with van der Waals surface area (Å²) < 4.78 is 8.04. The van der Waals surface area contributed by atoms with Gasteiger partial charge in [0.1, 0.15) is 11.5 Å². The van der Waals surface area contributed by atoms with Crippen LogP contribution in [-0.2, 0) is 6.54 Å². The molecule has 0 aliphatic heterocycles. The molecule has 0 aliphatic carbocycles. The average Bonchev–Trinajstić information content (AvgIpc) is 3.16. The molecule has 3 rings (SSSR count). The number of nitrogens with zero attached hydrogens (tertiary/aromatic N) is 3. The minimum Gasteiger partial charge on any atom is -0.460 e. The molecule has 0 saturated heterocycles. The topological polar surface area (TPSA) is 72.4 Å². The number of hydrazone groups is 1. The summed E-state index contributed by atoms with van der Waals surface area (Å²) in [7, 11) is 0. The third-order valence-electron chi connectivity index (χ3n) is 3.23. The minimum absolute atomic E-state index is 0.303. The number of aryl methyl sites for hydroxylation is 1. The normalized spacial score (nSPS) is 11.1. The van der Waals surface area contributed by atoms with Crippen molar-refractivity contribution in [1.82, 2.24) is 15.2 Å². The number of hydrogen-bond acceptors (Lipinski definition) is 4. The fraction of sp³-hybridized carbons (Fsp3) is 0.118. The van der Waals surface area contributed by atoms with Crippen LogP contribution in [-0.4, -0.2) is 21.9 Å². The summed E-state index contributed by atoms with van der Waals surface area (Å²) in [6, 6.07) is 13.2. The van der Waals surface area contributed by atoms with Gasteiger partial charge in [0, 0.05) is 10.7 Å². The first-order chi connectivity index (χ1) is 11.6. The van der Waals surface area contributed by atoms with E-state index in [1.165, 1.54) is 6.21 Å².